The molecule has 1 unspecified atom stereocenters. The van der Waals surface area contributed by atoms with E-state index in [1.54, 1.807) is 24.3 Å². The molecule has 0 aliphatic heterocycles. The third-order valence-electron chi connectivity index (χ3n) is 3.43. The van der Waals surface area contributed by atoms with Gasteiger partial charge in [-0.1, -0.05) is 19.1 Å². The standard InChI is InChI=1S/C16H17F2NO3S/c1-3-16(11-4-6-12(22-2)7-5-11)19-23(20,21)13-8-9-14(17)15(18)10-13/h4-10,16,19H,3H2,1-2H3. The minimum atomic E-state index is -3.96. The van der Waals surface area contributed by atoms with Crippen LogP contribution in [0.25, 0.3) is 0 Å². The fraction of sp³-hybridized carbons (Fsp3) is 0.250. The second-order valence-electron chi connectivity index (χ2n) is 4.93. The van der Waals surface area contributed by atoms with Crippen LogP contribution in [0, 0.1) is 11.6 Å². The second-order valence-corrected chi connectivity index (χ2v) is 6.65. The van der Waals surface area contributed by atoms with Crippen molar-refractivity contribution in [3.8, 4) is 5.75 Å². The molecule has 23 heavy (non-hydrogen) atoms. The van der Waals surface area contributed by atoms with Crippen molar-refractivity contribution in [2.24, 2.45) is 0 Å². The van der Waals surface area contributed by atoms with Crippen molar-refractivity contribution in [2.45, 2.75) is 24.3 Å². The largest absolute Gasteiger partial charge is 0.497 e. The highest BCUT2D eigenvalue weighted by atomic mass is 32.2. The van der Waals surface area contributed by atoms with E-state index in [1.165, 1.54) is 7.11 Å². The monoisotopic (exact) mass is 341 g/mol. The summed E-state index contributed by atoms with van der Waals surface area (Å²) in [4.78, 5) is -0.316. The molecule has 1 N–H and O–H groups in total. The summed E-state index contributed by atoms with van der Waals surface area (Å²) in [6.07, 6.45) is 0.495. The highest BCUT2D eigenvalue weighted by Crippen LogP contribution is 2.23. The molecule has 0 fully saturated rings. The minimum Gasteiger partial charge on any atom is -0.497 e. The fourth-order valence-corrected chi connectivity index (χ4v) is 3.44. The maximum absolute atomic E-state index is 13.3. The highest BCUT2D eigenvalue weighted by Gasteiger charge is 2.21. The first kappa shape index (κ1) is 17.4. The van der Waals surface area contributed by atoms with Gasteiger partial charge in [-0.15, -0.1) is 0 Å². The summed E-state index contributed by atoms with van der Waals surface area (Å²) in [5.41, 5.74) is 0.749. The molecular weight excluding hydrogens is 324 g/mol. The molecule has 0 bridgehead atoms. The first-order valence-corrected chi connectivity index (χ1v) is 8.47. The van der Waals surface area contributed by atoms with E-state index in [0.29, 0.717) is 18.2 Å². The van der Waals surface area contributed by atoms with Crippen LogP contribution in [0.4, 0.5) is 8.78 Å². The molecule has 0 spiro atoms. The number of ether oxygens (including phenoxy) is 1. The van der Waals surface area contributed by atoms with Crippen molar-refractivity contribution in [1.29, 1.82) is 0 Å². The molecule has 1 atom stereocenters. The second kappa shape index (κ2) is 7.06. The summed E-state index contributed by atoms with van der Waals surface area (Å²) < 4.78 is 58.4. The molecule has 0 saturated heterocycles. The van der Waals surface area contributed by atoms with Crippen LogP contribution >= 0.6 is 0 Å². The highest BCUT2D eigenvalue weighted by molar-refractivity contribution is 7.89. The number of hydrogen-bond acceptors (Lipinski definition) is 3. The maximum Gasteiger partial charge on any atom is 0.241 e. The molecule has 0 aliphatic carbocycles. The molecule has 2 aromatic carbocycles. The molecule has 2 rings (SSSR count). The van der Waals surface area contributed by atoms with Crippen LogP contribution in [-0.2, 0) is 10.0 Å². The number of halogens is 2. The topological polar surface area (TPSA) is 55.4 Å². The number of methoxy groups -OCH3 is 1. The Bertz CT molecular complexity index is 776. The lowest BCUT2D eigenvalue weighted by Gasteiger charge is -2.18. The Balaban J connectivity index is 2.26. The minimum absolute atomic E-state index is 0.316. The zero-order valence-corrected chi connectivity index (χ0v) is 13.5. The predicted molar refractivity (Wildman–Crippen MR) is 82.7 cm³/mol. The maximum atomic E-state index is 13.3. The normalized spacial score (nSPS) is 12.9. The van der Waals surface area contributed by atoms with Gasteiger partial charge in [0.15, 0.2) is 11.6 Å². The fourth-order valence-electron chi connectivity index (χ4n) is 2.12. The Morgan fingerprint density at radius 1 is 1.09 bits per heavy atom. The van der Waals surface area contributed by atoms with Gasteiger partial charge in [0.2, 0.25) is 10.0 Å². The van der Waals surface area contributed by atoms with Crippen molar-refractivity contribution >= 4 is 10.0 Å². The summed E-state index contributed by atoms with van der Waals surface area (Å²) in [5.74, 6) is -1.64. The van der Waals surface area contributed by atoms with Crippen molar-refractivity contribution in [1.82, 2.24) is 4.72 Å². The van der Waals surface area contributed by atoms with Gasteiger partial charge in [0.05, 0.1) is 12.0 Å². The summed E-state index contributed by atoms with van der Waals surface area (Å²) in [6, 6.07) is 8.95. The Labute approximate surface area is 134 Å². The summed E-state index contributed by atoms with van der Waals surface area (Å²) in [6.45, 7) is 1.82. The zero-order valence-electron chi connectivity index (χ0n) is 12.7. The van der Waals surface area contributed by atoms with Crippen LogP contribution in [0.15, 0.2) is 47.4 Å². The van der Waals surface area contributed by atoms with Gasteiger partial charge in [-0.25, -0.2) is 21.9 Å². The first-order valence-electron chi connectivity index (χ1n) is 6.98. The smallest absolute Gasteiger partial charge is 0.241 e. The van der Waals surface area contributed by atoms with Gasteiger partial charge in [0.1, 0.15) is 5.75 Å². The van der Waals surface area contributed by atoms with Gasteiger partial charge in [-0.05, 0) is 42.3 Å². The molecule has 0 aliphatic rings. The van der Waals surface area contributed by atoms with Crippen molar-refractivity contribution in [3.63, 3.8) is 0 Å². The van der Waals surface area contributed by atoms with Gasteiger partial charge in [-0.2, -0.15) is 0 Å². The Hall–Kier alpha value is -1.99. The Morgan fingerprint density at radius 3 is 2.26 bits per heavy atom. The van der Waals surface area contributed by atoms with E-state index < -0.39 is 27.7 Å². The number of benzene rings is 2. The molecule has 124 valence electrons. The molecular formula is C16H17F2NO3S. The lowest BCUT2D eigenvalue weighted by atomic mass is 10.1. The van der Waals surface area contributed by atoms with Gasteiger partial charge in [-0.3, -0.25) is 0 Å². The molecule has 0 amide bonds. The van der Waals surface area contributed by atoms with E-state index in [1.807, 2.05) is 6.92 Å². The number of nitrogens with one attached hydrogen (secondary N) is 1. The van der Waals surface area contributed by atoms with Crippen LogP contribution in [0.5, 0.6) is 5.75 Å². The van der Waals surface area contributed by atoms with Crippen molar-refractivity contribution < 1.29 is 21.9 Å². The average Bonchev–Trinajstić information content (AvgIpc) is 2.55. The Kier molecular flexibility index (Phi) is 5.33. The van der Waals surface area contributed by atoms with Crippen LogP contribution in [0.2, 0.25) is 0 Å². The predicted octanol–water partition coefficient (Wildman–Crippen LogP) is 3.40. The lowest BCUT2D eigenvalue weighted by Crippen LogP contribution is -2.28. The number of hydrogen-bond donors (Lipinski definition) is 1. The zero-order chi connectivity index (χ0) is 17.0. The van der Waals surface area contributed by atoms with E-state index in [0.717, 1.165) is 17.7 Å². The van der Waals surface area contributed by atoms with E-state index >= 15 is 0 Å². The SMILES string of the molecule is CCC(NS(=O)(=O)c1ccc(F)c(F)c1)c1ccc(OC)cc1. The van der Waals surface area contributed by atoms with Crippen LogP contribution in [-0.4, -0.2) is 15.5 Å². The molecule has 0 aromatic heterocycles. The van der Waals surface area contributed by atoms with Crippen molar-refractivity contribution in [2.75, 3.05) is 7.11 Å². The van der Waals surface area contributed by atoms with Gasteiger partial charge >= 0.3 is 0 Å². The number of rotatable bonds is 6. The first-order chi connectivity index (χ1) is 10.9. The number of sulfonamides is 1. The van der Waals surface area contributed by atoms with E-state index in [4.69, 9.17) is 4.74 Å². The van der Waals surface area contributed by atoms with Gasteiger partial charge in [0, 0.05) is 6.04 Å². The van der Waals surface area contributed by atoms with Crippen LogP contribution in [0.1, 0.15) is 24.9 Å². The third kappa shape index (κ3) is 4.05. The molecule has 0 saturated carbocycles. The van der Waals surface area contributed by atoms with Crippen LogP contribution < -0.4 is 9.46 Å². The summed E-state index contributed by atoms with van der Waals surface area (Å²) in [7, 11) is -2.42. The van der Waals surface area contributed by atoms with Gasteiger partial charge in [0.25, 0.3) is 0 Å². The molecule has 2 aromatic rings. The van der Waals surface area contributed by atoms with E-state index in [2.05, 4.69) is 4.72 Å². The van der Waals surface area contributed by atoms with Crippen molar-refractivity contribution in [3.05, 3.63) is 59.7 Å². The average molecular weight is 341 g/mol. The summed E-state index contributed by atoms with van der Waals surface area (Å²) in [5, 5.41) is 0. The third-order valence-corrected chi connectivity index (χ3v) is 4.89. The molecule has 7 heteroatoms. The lowest BCUT2D eigenvalue weighted by molar-refractivity contribution is 0.414. The van der Waals surface area contributed by atoms with E-state index in [-0.39, 0.29) is 4.90 Å². The van der Waals surface area contributed by atoms with Gasteiger partial charge < -0.3 is 4.74 Å². The molecule has 0 radical (unpaired) electrons. The quantitative estimate of drug-likeness (QED) is 0.876. The van der Waals surface area contributed by atoms with E-state index in [9.17, 15) is 17.2 Å². The summed E-state index contributed by atoms with van der Waals surface area (Å²) >= 11 is 0. The molecule has 4 nitrogen and oxygen atoms in total. The molecule has 0 heterocycles. The Morgan fingerprint density at radius 2 is 1.74 bits per heavy atom. The van der Waals surface area contributed by atoms with Crippen LogP contribution in [0.3, 0.4) is 0 Å².